The minimum Gasteiger partial charge on any atom is -0.443 e. The van der Waals surface area contributed by atoms with Crippen LogP contribution < -0.4 is 5.32 Å². The lowest BCUT2D eigenvalue weighted by molar-refractivity contribution is 0.199. The largest absolute Gasteiger partial charge is 0.443 e. The van der Waals surface area contributed by atoms with Crippen LogP contribution in [0.4, 0.5) is 0 Å². The van der Waals surface area contributed by atoms with Crippen LogP contribution in [0, 0.1) is 6.92 Å². The Morgan fingerprint density at radius 1 is 1.42 bits per heavy atom. The van der Waals surface area contributed by atoms with Gasteiger partial charge in [0.1, 0.15) is 5.69 Å². The summed E-state index contributed by atoms with van der Waals surface area (Å²) >= 11 is 3.46. The van der Waals surface area contributed by atoms with Gasteiger partial charge in [-0.25, -0.2) is 4.98 Å². The highest BCUT2D eigenvalue weighted by atomic mass is 79.9. The molecular formula is C14H17BrN2O2. The molecule has 0 aliphatic heterocycles. The van der Waals surface area contributed by atoms with Gasteiger partial charge in [-0.1, -0.05) is 15.9 Å². The van der Waals surface area contributed by atoms with Gasteiger partial charge < -0.3 is 14.5 Å². The Bertz CT molecular complexity index is 540. The van der Waals surface area contributed by atoms with Crippen molar-refractivity contribution in [1.29, 1.82) is 0 Å². The normalized spacial score (nSPS) is 10.9. The summed E-state index contributed by atoms with van der Waals surface area (Å²) in [5.74, 6) is 0.829. The Morgan fingerprint density at radius 2 is 2.26 bits per heavy atom. The zero-order valence-corrected chi connectivity index (χ0v) is 12.7. The molecule has 0 saturated carbocycles. The first-order valence-corrected chi connectivity index (χ1v) is 6.90. The third-order valence-corrected chi connectivity index (χ3v) is 3.34. The summed E-state index contributed by atoms with van der Waals surface area (Å²) in [6.07, 6.45) is 1.49. The average Bonchev–Trinajstić information content (AvgIpc) is 2.83. The number of oxazole rings is 1. The minimum atomic E-state index is 0.671. The molecule has 2 aromatic rings. The van der Waals surface area contributed by atoms with Crippen molar-refractivity contribution in [2.75, 3.05) is 20.3 Å². The number of nitrogens with zero attached hydrogens (tertiary/aromatic N) is 1. The number of rotatable bonds is 6. The molecule has 0 amide bonds. The van der Waals surface area contributed by atoms with Crippen molar-refractivity contribution in [1.82, 2.24) is 10.3 Å². The van der Waals surface area contributed by atoms with E-state index in [0.29, 0.717) is 13.2 Å². The predicted octanol–water partition coefficient (Wildman–Crippen LogP) is 3.15. The molecule has 5 heteroatoms. The van der Waals surface area contributed by atoms with Gasteiger partial charge in [-0.2, -0.15) is 0 Å². The number of hydrogen-bond acceptors (Lipinski definition) is 4. The van der Waals surface area contributed by atoms with E-state index in [1.165, 1.54) is 6.39 Å². The number of aromatic nitrogens is 1. The maximum atomic E-state index is 5.53. The van der Waals surface area contributed by atoms with Gasteiger partial charge in [-0.05, 0) is 30.7 Å². The summed E-state index contributed by atoms with van der Waals surface area (Å²) in [5, 5.41) is 3.27. The first-order valence-electron chi connectivity index (χ1n) is 6.11. The van der Waals surface area contributed by atoms with Crippen LogP contribution in [-0.4, -0.2) is 25.2 Å². The highest BCUT2D eigenvalue weighted by molar-refractivity contribution is 9.10. The van der Waals surface area contributed by atoms with E-state index in [0.717, 1.165) is 33.6 Å². The van der Waals surface area contributed by atoms with E-state index in [4.69, 9.17) is 9.15 Å². The van der Waals surface area contributed by atoms with Gasteiger partial charge in [0.2, 0.25) is 0 Å². The summed E-state index contributed by atoms with van der Waals surface area (Å²) in [6.45, 7) is 4.21. The van der Waals surface area contributed by atoms with E-state index in [9.17, 15) is 0 Å². The molecule has 0 saturated heterocycles. The molecule has 1 heterocycles. The van der Waals surface area contributed by atoms with Gasteiger partial charge >= 0.3 is 0 Å². The van der Waals surface area contributed by atoms with Gasteiger partial charge in [-0.3, -0.25) is 0 Å². The third-order valence-electron chi connectivity index (χ3n) is 2.85. The first kappa shape index (κ1) is 14.2. The molecule has 1 aromatic heterocycles. The van der Waals surface area contributed by atoms with Crippen LogP contribution in [0.2, 0.25) is 0 Å². The van der Waals surface area contributed by atoms with Crippen LogP contribution in [0.5, 0.6) is 0 Å². The third kappa shape index (κ3) is 3.65. The maximum Gasteiger partial charge on any atom is 0.181 e. The molecule has 0 unspecified atom stereocenters. The molecule has 0 spiro atoms. The molecule has 4 nitrogen and oxygen atoms in total. The predicted molar refractivity (Wildman–Crippen MR) is 78.0 cm³/mol. The Balaban J connectivity index is 2.14. The molecule has 0 atom stereocenters. The van der Waals surface area contributed by atoms with E-state index in [2.05, 4.69) is 39.2 Å². The lowest BCUT2D eigenvalue weighted by atomic mass is 10.1. The molecule has 0 fully saturated rings. The van der Waals surface area contributed by atoms with Crippen molar-refractivity contribution in [3.05, 3.63) is 40.3 Å². The number of aryl methyl sites for hydroxylation is 1. The van der Waals surface area contributed by atoms with Crippen molar-refractivity contribution >= 4 is 15.9 Å². The number of methoxy groups -OCH3 is 1. The number of ether oxygens (including phenoxy) is 1. The fourth-order valence-electron chi connectivity index (χ4n) is 1.88. The summed E-state index contributed by atoms with van der Waals surface area (Å²) in [6, 6.07) is 6.12. The smallest absolute Gasteiger partial charge is 0.181 e. The van der Waals surface area contributed by atoms with Gasteiger partial charge in [0.25, 0.3) is 0 Å². The highest BCUT2D eigenvalue weighted by Gasteiger charge is 2.12. The van der Waals surface area contributed by atoms with Gasteiger partial charge in [0.05, 0.1) is 6.61 Å². The van der Waals surface area contributed by atoms with E-state index >= 15 is 0 Å². The lowest BCUT2D eigenvalue weighted by Crippen LogP contribution is -2.19. The molecule has 0 aliphatic carbocycles. The summed E-state index contributed by atoms with van der Waals surface area (Å²) < 4.78 is 11.6. The second-order valence-electron chi connectivity index (χ2n) is 4.26. The van der Waals surface area contributed by atoms with E-state index in [1.54, 1.807) is 7.11 Å². The topological polar surface area (TPSA) is 47.3 Å². The summed E-state index contributed by atoms with van der Waals surface area (Å²) in [7, 11) is 1.69. The Hall–Kier alpha value is -1.17. The zero-order valence-electron chi connectivity index (χ0n) is 11.1. The summed E-state index contributed by atoms with van der Waals surface area (Å²) in [4.78, 5) is 4.27. The summed E-state index contributed by atoms with van der Waals surface area (Å²) in [5.41, 5.74) is 3.15. The van der Waals surface area contributed by atoms with Crippen LogP contribution in [0.25, 0.3) is 11.3 Å². The van der Waals surface area contributed by atoms with Crippen molar-refractivity contribution in [3.63, 3.8) is 0 Å². The van der Waals surface area contributed by atoms with Crippen LogP contribution in [0.3, 0.4) is 0 Å². The van der Waals surface area contributed by atoms with Crippen LogP contribution in [-0.2, 0) is 11.3 Å². The van der Waals surface area contributed by atoms with Crippen molar-refractivity contribution in [3.8, 4) is 11.3 Å². The van der Waals surface area contributed by atoms with Crippen LogP contribution in [0.1, 0.15) is 11.3 Å². The maximum absolute atomic E-state index is 5.53. The molecule has 0 bridgehead atoms. The molecule has 1 aromatic carbocycles. The number of benzene rings is 1. The van der Waals surface area contributed by atoms with Gasteiger partial charge in [0.15, 0.2) is 12.2 Å². The Labute approximate surface area is 121 Å². The first-order chi connectivity index (χ1) is 9.22. The quantitative estimate of drug-likeness (QED) is 0.829. The fraction of sp³-hybridized carbons (Fsp3) is 0.357. The minimum absolute atomic E-state index is 0.671. The number of halogens is 1. The standard InChI is InChI=1S/C14H17BrN2O2/c1-10-7-11(15)3-4-12(10)14-13(17-9-19-14)8-16-5-6-18-2/h3-4,7,9,16H,5-6,8H2,1-2H3. The molecule has 19 heavy (non-hydrogen) atoms. The van der Waals surface area contributed by atoms with E-state index < -0.39 is 0 Å². The van der Waals surface area contributed by atoms with E-state index in [1.807, 2.05) is 12.1 Å². The van der Waals surface area contributed by atoms with Gasteiger partial charge in [-0.15, -0.1) is 0 Å². The molecule has 1 N–H and O–H groups in total. The molecule has 102 valence electrons. The average molecular weight is 325 g/mol. The molecule has 0 aliphatic rings. The monoisotopic (exact) mass is 324 g/mol. The van der Waals surface area contributed by atoms with Crippen molar-refractivity contribution in [2.45, 2.75) is 13.5 Å². The lowest BCUT2D eigenvalue weighted by Gasteiger charge is -2.06. The molecule has 2 rings (SSSR count). The Kier molecular flexibility index (Phi) is 5.13. The van der Waals surface area contributed by atoms with Crippen LogP contribution >= 0.6 is 15.9 Å². The molecule has 0 radical (unpaired) electrons. The van der Waals surface area contributed by atoms with Gasteiger partial charge in [0, 0.05) is 30.2 Å². The Morgan fingerprint density at radius 3 is 3.00 bits per heavy atom. The van der Waals surface area contributed by atoms with Crippen molar-refractivity contribution < 1.29 is 9.15 Å². The highest BCUT2D eigenvalue weighted by Crippen LogP contribution is 2.28. The van der Waals surface area contributed by atoms with E-state index in [-0.39, 0.29) is 0 Å². The second-order valence-corrected chi connectivity index (χ2v) is 5.17. The zero-order chi connectivity index (χ0) is 13.7. The SMILES string of the molecule is COCCNCc1ncoc1-c1ccc(Br)cc1C. The molecular weight excluding hydrogens is 308 g/mol. The fourth-order valence-corrected chi connectivity index (χ4v) is 2.35. The number of nitrogens with one attached hydrogen (secondary N) is 1. The number of hydrogen-bond donors (Lipinski definition) is 1. The second kappa shape index (κ2) is 6.84. The van der Waals surface area contributed by atoms with Crippen molar-refractivity contribution in [2.24, 2.45) is 0 Å². The van der Waals surface area contributed by atoms with Crippen LogP contribution in [0.15, 0.2) is 33.5 Å².